The van der Waals surface area contributed by atoms with Crippen LogP contribution in [0.5, 0.6) is 0 Å². The molecule has 0 N–H and O–H groups in total. The Morgan fingerprint density at radius 1 is 1.18 bits per heavy atom. The van der Waals surface area contributed by atoms with Crippen LogP contribution < -0.4 is 0 Å². The van der Waals surface area contributed by atoms with E-state index in [9.17, 15) is 0 Å². The highest BCUT2D eigenvalue weighted by atomic mass is 16.5. The van der Waals surface area contributed by atoms with Crippen molar-refractivity contribution in [2.45, 2.75) is 33.1 Å². The first-order chi connectivity index (χ1) is 5.24. The van der Waals surface area contributed by atoms with Crippen LogP contribution in [0.4, 0.5) is 0 Å². The number of rotatable bonds is 1. The summed E-state index contributed by atoms with van der Waals surface area (Å²) in [6.07, 6.45) is 5.38. The van der Waals surface area contributed by atoms with E-state index in [-0.39, 0.29) is 0 Å². The van der Waals surface area contributed by atoms with Crippen molar-refractivity contribution < 1.29 is 4.74 Å². The largest absolute Gasteiger partial charge is 0.504 e. The molecule has 11 heavy (non-hydrogen) atoms. The fourth-order valence-electron chi connectivity index (χ4n) is 1.41. The Morgan fingerprint density at radius 2 is 1.91 bits per heavy atom. The van der Waals surface area contributed by atoms with Gasteiger partial charge in [0.25, 0.3) is 0 Å². The molecule has 0 aliphatic heterocycles. The molecule has 0 heterocycles. The van der Waals surface area contributed by atoms with Gasteiger partial charge in [-0.25, -0.2) is 0 Å². The third-order valence-corrected chi connectivity index (χ3v) is 2.33. The fraction of sp³-hybridized carbons (Fsp3) is 0.600. The number of ether oxygens (including phenoxy) is 1. The van der Waals surface area contributed by atoms with E-state index in [0.717, 1.165) is 6.42 Å². The molecule has 0 bridgehead atoms. The molecule has 1 rings (SSSR count). The number of hydrogen-bond acceptors (Lipinski definition) is 1. The maximum absolute atomic E-state index is 4.98. The van der Waals surface area contributed by atoms with Gasteiger partial charge in [-0.05, 0) is 38.7 Å². The van der Waals surface area contributed by atoms with Gasteiger partial charge in [0.2, 0.25) is 0 Å². The summed E-state index contributed by atoms with van der Waals surface area (Å²) in [4.78, 5) is 0. The molecular formula is C10H16O. The van der Waals surface area contributed by atoms with Crippen LogP contribution in [0.1, 0.15) is 33.1 Å². The van der Waals surface area contributed by atoms with E-state index in [1.807, 2.05) is 6.26 Å². The van der Waals surface area contributed by atoms with Gasteiger partial charge in [0.05, 0.1) is 13.4 Å². The van der Waals surface area contributed by atoms with Crippen molar-refractivity contribution in [3.05, 3.63) is 23.0 Å². The van der Waals surface area contributed by atoms with E-state index < -0.39 is 0 Å². The Morgan fingerprint density at radius 3 is 2.45 bits per heavy atom. The van der Waals surface area contributed by atoms with E-state index in [4.69, 9.17) is 4.74 Å². The molecule has 0 spiro atoms. The second-order valence-electron chi connectivity index (χ2n) is 3.25. The summed E-state index contributed by atoms with van der Waals surface area (Å²) in [7, 11) is 1.72. The first kappa shape index (κ1) is 8.38. The normalized spacial score (nSPS) is 22.6. The Kier molecular flexibility index (Phi) is 2.75. The van der Waals surface area contributed by atoms with Gasteiger partial charge in [-0.15, -0.1) is 0 Å². The van der Waals surface area contributed by atoms with E-state index >= 15 is 0 Å². The zero-order chi connectivity index (χ0) is 8.27. The first-order valence-electron chi connectivity index (χ1n) is 4.10. The molecule has 1 heteroatoms. The van der Waals surface area contributed by atoms with Gasteiger partial charge in [-0.1, -0.05) is 11.1 Å². The van der Waals surface area contributed by atoms with Crippen LogP contribution in [-0.4, -0.2) is 7.11 Å². The highest BCUT2D eigenvalue weighted by Gasteiger charge is 2.09. The summed E-state index contributed by atoms with van der Waals surface area (Å²) in [5.74, 6) is 0. The van der Waals surface area contributed by atoms with Gasteiger partial charge in [0, 0.05) is 0 Å². The Labute approximate surface area is 68.8 Å². The van der Waals surface area contributed by atoms with Gasteiger partial charge in [-0.3, -0.25) is 0 Å². The SMILES string of the molecule is CO/C=C1/CCC(C)=C(C)C1. The average molecular weight is 152 g/mol. The molecule has 0 unspecified atom stereocenters. The van der Waals surface area contributed by atoms with E-state index in [2.05, 4.69) is 13.8 Å². The van der Waals surface area contributed by atoms with Crippen molar-refractivity contribution in [1.29, 1.82) is 0 Å². The zero-order valence-corrected chi connectivity index (χ0v) is 7.61. The predicted molar refractivity (Wildman–Crippen MR) is 47.3 cm³/mol. The molecule has 0 saturated carbocycles. The molecule has 0 fully saturated rings. The third kappa shape index (κ3) is 2.11. The molecule has 0 atom stereocenters. The van der Waals surface area contributed by atoms with Crippen LogP contribution in [-0.2, 0) is 4.74 Å². The van der Waals surface area contributed by atoms with Crippen LogP contribution in [0, 0.1) is 0 Å². The van der Waals surface area contributed by atoms with E-state index in [0.29, 0.717) is 0 Å². The molecule has 0 radical (unpaired) electrons. The van der Waals surface area contributed by atoms with Crippen molar-refractivity contribution >= 4 is 0 Å². The van der Waals surface area contributed by atoms with Crippen molar-refractivity contribution in [2.24, 2.45) is 0 Å². The summed E-state index contributed by atoms with van der Waals surface area (Å²) in [5.41, 5.74) is 4.49. The third-order valence-electron chi connectivity index (χ3n) is 2.33. The summed E-state index contributed by atoms with van der Waals surface area (Å²) in [6.45, 7) is 4.43. The van der Waals surface area contributed by atoms with Gasteiger partial charge < -0.3 is 4.74 Å². The quantitative estimate of drug-likeness (QED) is 0.414. The van der Waals surface area contributed by atoms with Crippen LogP contribution in [0.15, 0.2) is 23.0 Å². The summed E-state index contributed by atoms with van der Waals surface area (Å²) in [6, 6.07) is 0. The molecule has 0 amide bonds. The van der Waals surface area contributed by atoms with Crippen molar-refractivity contribution in [1.82, 2.24) is 0 Å². The fourth-order valence-corrected chi connectivity index (χ4v) is 1.41. The Balaban J connectivity index is 2.64. The van der Waals surface area contributed by atoms with Gasteiger partial charge in [-0.2, -0.15) is 0 Å². The minimum absolute atomic E-state index is 1.11. The molecule has 1 aliphatic carbocycles. The highest BCUT2D eigenvalue weighted by molar-refractivity contribution is 5.23. The van der Waals surface area contributed by atoms with Gasteiger partial charge in [0.15, 0.2) is 0 Å². The lowest BCUT2D eigenvalue weighted by Gasteiger charge is -2.16. The van der Waals surface area contributed by atoms with Crippen molar-refractivity contribution in [3.8, 4) is 0 Å². The first-order valence-corrected chi connectivity index (χ1v) is 4.10. The monoisotopic (exact) mass is 152 g/mol. The Hall–Kier alpha value is -0.720. The van der Waals surface area contributed by atoms with Crippen LogP contribution in [0.2, 0.25) is 0 Å². The van der Waals surface area contributed by atoms with Gasteiger partial charge >= 0.3 is 0 Å². The van der Waals surface area contributed by atoms with Crippen LogP contribution >= 0.6 is 0 Å². The molecule has 1 nitrogen and oxygen atoms in total. The smallest absolute Gasteiger partial charge is 0.0819 e. The second-order valence-corrected chi connectivity index (χ2v) is 3.25. The second kappa shape index (κ2) is 3.61. The minimum Gasteiger partial charge on any atom is -0.504 e. The lowest BCUT2D eigenvalue weighted by Crippen LogP contribution is -1.98. The van der Waals surface area contributed by atoms with Crippen LogP contribution in [0.25, 0.3) is 0 Å². The summed E-state index contributed by atoms with van der Waals surface area (Å²) in [5, 5.41) is 0. The molecule has 0 aromatic heterocycles. The highest BCUT2D eigenvalue weighted by Crippen LogP contribution is 2.27. The average Bonchev–Trinajstić information content (AvgIpc) is 1.98. The molecule has 0 saturated heterocycles. The molecule has 0 aromatic rings. The number of allylic oxidation sites excluding steroid dienone is 3. The Bertz CT molecular complexity index is 199. The van der Waals surface area contributed by atoms with Crippen LogP contribution in [0.3, 0.4) is 0 Å². The lowest BCUT2D eigenvalue weighted by molar-refractivity contribution is 0.331. The summed E-state index contributed by atoms with van der Waals surface area (Å²) < 4.78 is 4.98. The molecule has 62 valence electrons. The lowest BCUT2D eigenvalue weighted by atomic mass is 9.90. The predicted octanol–water partition coefficient (Wildman–Crippen LogP) is 3.04. The number of hydrogen-bond donors (Lipinski definition) is 0. The van der Waals surface area contributed by atoms with E-state index in [1.165, 1.54) is 24.0 Å². The number of methoxy groups -OCH3 is 1. The maximum atomic E-state index is 4.98. The molecule has 1 aliphatic rings. The van der Waals surface area contributed by atoms with Crippen molar-refractivity contribution in [2.75, 3.05) is 7.11 Å². The standard InChI is InChI=1S/C10H16O/c1-8-4-5-10(7-11-3)6-9(8)2/h7H,4-6H2,1-3H3/b10-7-. The zero-order valence-electron chi connectivity index (χ0n) is 7.61. The maximum Gasteiger partial charge on any atom is 0.0819 e. The summed E-state index contributed by atoms with van der Waals surface area (Å²) >= 11 is 0. The van der Waals surface area contributed by atoms with Crippen molar-refractivity contribution in [3.63, 3.8) is 0 Å². The molecular weight excluding hydrogens is 136 g/mol. The molecule has 0 aromatic carbocycles. The minimum atomic E-state index is 1.11. The topological polar surface area (TPSA) is 9.23 Å². The van der Waals surface area contributed by atoms with E-state index in [1.54, 1.807) is 12.7 Å². The van der Waals surface area contributed by atoms with Gasteiger partial charge in [0.1, 0.15) is 0 Å².